The zero-order chi connectivity index (χ0) is 27.9. The average molecular weight is 521 g/mol. The van der Waals surface area contributed by atoms with Crippen LogP contribution >= 0.6 is 0 Å². The van der Waals surface area contributed by atoms with Crippen LogP contribution in [-0.2, 0) is 14.3 Å². The molecular formula is C32H44N2O4. The second-order valence-corrected chi connectivity index (χ2v) is 14.4. The first-order chi connectivity index (χ1) is 17.7. The summed E-state index contributed by atoms with van der Waals surface area (Å²) < 4.78 is 5.34. The lowest BCUT2D eigenvalue weighted by Gasteiger charge is -2.68. The lowest BCUT2D eigenvalue weighted by molar-refractivity contribution is -0.159. The highest BCUT2D eigenvalue weighted by molar-refractivity contribution is 6.02. The van der Waals surface area contributed by atoms with Gasteiger partial charge in [0.2, 0.25) is 0 Å². The minimum absolute atomic E-state index is 0.0270. The Morgan fingerprint density at radius 3 is 2.42 bits per heavy atom. The van der Waals surface area contributed by atoms with Crippen molar-refractivity contribution < 1.29 is 19.1 Å². The van der Waals surface area contributed by atoms with Crippen LogP contribution in [-0.4, -0.2) is 29.8 Å². The second kappa shape index (κ2) is 8.54. The molecule has 0 aromatic carbocycles. The molecule has 206 valence electrons. The van der Waals surface area contributed by atoms with E-state index in [2.05, 4.69) is 46.0 Å². The largest absolute Gasteiger partial charge is 0.450 e. The summed E-state index contributed by atoms with van der Waals surface area (Å²) in [5.41, 5.74) is -0.0459. The zero-order valence-corrected chi connectivity index (χ0v) is 24.2. The van der Waals surface area contributed by atoms with E-state index >= 15 is 0 Å². The number of hydrogen-bond donors (Lipinski definition) is 1. The van der Waals surface area contributed by atoms with Crippen LogP contribution in [0.3, 0.4) is 0 Å². The summed E-state index contributed by atoms with van der Waals surface area (Å²) in [5.74, 6) is -0.246. The summed E-state index contributed by atoms with van der Waals surface area (Å²) >= 11 is 0. The number of ketones is 2. The fourth-order valence-corrected chi connectivity index (χ4v) is 9.84. The van der Waals surface area contributed by atoms with Crippen LogP contribution in [0.1, 0.15) is 93.4 Å². The fraction of sp³-hybridized carbons (Fsp3) is 0.750. The van der Waals surface area contributed by atoms with Gasteiger partial charge in [-0.15, -0.1) is 0 Å². The molecule has 5 rings (SSSR count). The van der Waals surface area contributed by atoms with E-state index in [1.54, 1.807) is 0 Å². The van der Waals surface area contributed by atoms with E-state index in [9.17, 15) is 19.6 Å². The van der Waals surface area contributed by atoms with Gasteiger partial charge in [0.15, 0.2) is 11.6 Å². The van der Waals surface area contributed by atoms with Crippen molar-refractivity contribution in [2.45, 2.75) is 99.0 Å². The van der Waals surface area contributed by atoms with E-state index in [0.29, 0.717) is 6.61 Å². The second-order valence-electron chi connectivity index (χ2n) is 14.4. The molecule has 1 amide bonds. The van der Waals surface area contributed by atoms with Gasteiger partial charge in [-0.2, -0.15) is 5.26 Å². The van der Waals surface area contributed by atoms with Gasteiger partial charge >= 0.3 is 6.09 Å². The first-order valence-electron chi connectivity index (χ1n) is 14.6. The maximum absolute atomic E-state index is 14.4. The third kappa shape index (κ3) is 3.52. The van der Waals surface area contributed by atoms with E-state index in [0.717, 1.165) is 50.5 Å². The third-order valence-electron chi connectivity index (χ3n) is 12.1. The van der Waals surface area contributed by atoms with Gasteiger partial charge in [-0.05, 0) is 86.0 Å². The Labute approximate surface area is 227 Å². The van der Waals surface area contributed by atoms with Crippen LogP contribution in [0.15, 0.2) is 23.3 Å². The topological polar surface area (TPSA) is 96.3 Å². The molecule has 0 radical (unpaired) electrons. The molecule has 6 nitrogen and oxygen atoms in total. The first-order valence-corrected chi connectivity index (χ1v) is 14.6. The molecule has 5 aliphatic rings. The number of rotatable bonds is 2. The number of carbonyl (C=O) groups excluding carboxylic acids is 3. The number of carbonyl (C=O) groups is 3. The number of alkyl carbamates (subject to hydrolysis) is 1. The van der Waals surface area contributed by atoms with Gasteiger partial charge in [-0.3, -0.25) is 9.59 Å². The Morgan fingerprint density at radius 2 is 1.76 bits per heavy atom. The number of fused-ring (bicyclic) bond motifs is 7. The maximum Gasteiger partial charge on any atom is 0.407 e. The zero-order valence-electron chi connectivity index (χ0n) is 24.2. The summed E-state index contributed by atoms with van der Waals surface area (Å²) in [4.78, 5) is 40.1. The summed E-state index contributed by atoms with van der Waals surface area (Å²) in [5, 5.41) is 13.1. The smallest absolute Gasteiger partial charge is 0.407 e. The number of nitrogens with one attached hydrogen (secondary N) is 1. The van der Waals surface area contributed by atoms with Gasteiger partial charge in [0.05, 0.1) is 12.2 Å². The minimum Gasteiger partial charge on any atom is -0.450 e. The van der Waals surface area contributed by atoms with Gasteiger partial charge in [0, 0.05) is 22.8 Å². The highest BCUT2D eigenvalue weighted by Gasteiger charge is 2.69. The van der Waals surface area contributed by atoms with E-state index in [4.69, 9.17) is 4.74 Å². The number of Topliss-reactive ketones (excluding diaryl/α,β-unsaturated/α-hetero) is 1. The molecule has 0 spiro atoms. The van der Waals surface area contributed by atoms with Gasteiger partial charge in [0.25, 0.3) is 0 Å². The number of allylic oxidation sites excluding steroid dienone is 4. The standard InChI is InChI=1S/C32H44N2O4/c1-8-38-27(37)34-32-13-11-28(3,4)17-22(32)25-23(35)15-24-29(5)16-20(18-33)26(36)19(2)21(29)9-10-30(24,6)31(25,7)12-14-32/h15-16,19,21-22,25H,8-14,17H2,1-7H3,(H,34,37)/t19-,21?,22?,25?,29-,30+,31+,32-/m0/s1. The van der Waals surface area contributed by atoms with Crippen LogP contribution in [0, 0.1) is 56.7 Å². The molecule has 0 heterocycles. The average Bonchev–Trinajstić information content (AvgIpc) is 2.84. The summed E-state index contributed by atoms with van der Waals surface area (Å²) in [6, 6.07) is 2.15. The molecule has 0 aromatic rings. The van der Waals surface area contributed by atoms with Crippen molar-refractivity contribution in [2.75, 3.05) is 6.61 Å². The lowest BCUT2D eigenvalue weighted by Crippen LogP contribution is -2.69. The van der Waals surface area contributed by atoms with Gasteiger partial charge in [-0.1, -0.05) is 53.2 Å². The third-order valence-corrected chi connectivity index (χ3v) is 12.1. The Hall–Kier alpha value is -2.42. The predicted molar refractivity (Wildman–Crippen MR) is 145 cm³/mol. The van der Waals surface area contributed by atoms with Crippen molar-refractivity contribution in [3.05, 3.63) is 23.3 Å². The van der Waals surface area contributed by atoms with Crippen LogP contribution in [0.25, 0.3) is 0 Å². The summed E-state index contributed by atoms with van der Waals surface area (Å²) in [7, 11) is 0. The molecule has 8 atom stereocenters. The Morgan fingerprint density at radius 1 is 1.08 bits per heavy atom. The Balaban J connectivity index is 1.64. The number of nitrogens with zero attached hydrogens (tertiary/aromatic N) is 1. The van der Waals surface area contributed by atoms with Gasteiger partial charge < -0.3 is 10.1 Å². The van der Waals surface area contributed by atoms with Crippen molar-refractivity contribution in [3.8, 4) is 6.07 Å². The number of hydrogen-bond acceptors (Lipinski definition) is 5. The monoisotopic (exact) mass is 520 g/mol. The van der Waals surface area contributed by atoms with Crippen LogP contribution in [0.5, 0.6) is 0 Å². The van der Waals surface area contributed by atoms with Crippen LogP contribution < -0.4 is 5.32 Å². The maximum atomic E-state index is 14.4. The highest BCUT2D eigenvalue weighted by atomic mass is 16.5. The normalized spacial score (nSPS) is 45.2. The van der Waals surface area contributed by atoms with Crippen molar-refractivity contribution in [1.29, 1.82) is 5.26 Å². The molecule has 3 saturated carbocycles. The van der Waals surface area contributed by atoms with E-state index in [-0.39, 0.29) is 63.1 Å². The Bertz CT molecular complexity index is 1190. The molecule has 6 heteroatoms. The number of amides is 1. The number of ether oxygens (including phenoxy) is 1. The Kier molecular flexibility index (Phi) is 6.10. The quantitative estimate of drug-likeness (QED) is 0.460. The summed E-state index contributed by atoms with van der Waals surface area (Å²) in [6.45, 7) is 15.5. The molecular weight excluding hydrogens is 476 g/mol. The lowest BCUT2D eigenvalue weighted by atomic mass is 9.36. The van der Waals surface area contributed by atoms with Crippen molar-refractivity contribution in [3.63, 3.8) is 0 Å². The molecule has 38 heavy (non-hydrogen) atoms. The molecule has 5 aliphatic carbocycles. The molecule has 3 unspecified atom stereocenters. The molecule has 0 saturated heterocycles. The predicted octanol–water partition coefficient (Wildman–Crippen LogP) is 6.31. The minimum atomic E-state index is -0.501. The van der Waals surface area contributed by atoms with Crippen LogP contribution in [0.4, 0.5) is 4.79 Å². The number of nitriles is 1. The molecule has 3 fully saturated rings. The van der Waals surface area contributed by atoms with E-state index < -0.39 is 11.0 Å². The molecule has 1 N–H and O–H groups in total. The molecule has 0 bridgehead atoms. The van der Waals surface area contributed by atoms with Crippen molar-refractivity contribution in [2.24, 2.45) is 45.3 Å². The molecule has 0 aliphatic heterocycles. The SMILES string of the molecule is CCOC(=O)N[C@]12CCC(C)(C)CC1C1C(=O)C=C3[C@@]4(C)C=C(C#N)C(=O)[C@@H](C)C4CC[C@@]3(C)[C@]1(C)CC2. The van der Waals surface area contributed by atoms with Crippen molar-refractivity contribution >= 4 is 17.7 Å². The van der Waals surface area contributed by atoms with Gasteiger partial charge in [-0.25, -0.2) is 4.79 Å². The molecule has 0 aromatic heterocycles. The van der Waals surface area contributed by atoms with Gasteiger partial charge in [0.1, 0.15) is 6.07 Å². The van der Waals surface area contributed by atoms with Crippen molar-refractivity contribution in [1.82, 2.24) is 5.32 Å². The summed E-state index contributed by atoms with van der Waals surface area (Å²) in [6.07, 6.45) is 9.63. The highest BCUT2D eigenvalue weighted by Crippen LogP contribution is 2.72. The van der Waals surface area contributed by atoms with E-state index in [1.165, 1.54) is 0 Å². The van der Waals surface area contributed by atoms with Crippen LogP contribution in [0.2, 0.25) is 0 Å². The van der Waals surface area contributed by atoms with E-state index in [1.807, 2.05) is 26.0 Å². The fourth-order valence-electron chi connectivity index (χ4n) is 9.84. The first kappa shape index (κ1) is 27.2.